The van der Waals surface area contributed by atoms with Gasteiger partial charge in [0.25, 0.3) is 0 Å². The van der Waals surface area contributed by atoms with Crippen molar-refractivity contribution in [1.82, 2.24) is 0 Å². The first-order valence-electron chi connectivity index (χ1n) is 8.45. The van der Waals surface area contributed by atoms with Crippen LogP contribution in [-0.2, 0) is 18.2 Å². The Balaban J connectivity index is 0. The van der Waals surface area contributed by atoms with Gasteiger partial charge < -0.3 is 37.8 Å². The fraction of sp³-hybridized carbons (Fsp3) is 1.00. The van der Waals surface area contributed by atoms with Gasteiger partial charge in [0, 0.05) is 0 Å². The van der Waals surface area contributed by atoms with Crippen LogP contribution < -0.4 is 19.6 Å². The van der Waals surface area contributed by atoms with E-state index in [-0.39, 0.29) is 13.2 Å². The molecule has 0 atom stereocenters. The summed E-state index contributed by atoms with van der Waals surface area (Å²) in [4.78, 5) is 39.7. The minimum Gasteiger partial charge on any atom is -0.790 e. The zero-order valence-corrected chi connectivity index (χ0v) is 16.4. The van der Waals surface area contributed by atoms with E-state index in [4.69, 9.17) is 0 Å². The van der Waals surface area contributed by atoms with E-state index in [0.29, 0.717) is 12.8 Å². The third kappa shape index (κ3) is 30.1. The SMILES string of the molecule is CCCCCCCCCCOP(=O)([O-])[O-].CCCCOP(=O)([O-])[O-]. The summed E-state index contributed by atoms with van der Waals surface area (Å²) in [6.45, 7) is 4.12. The first kappa shape index (κ1) is 26.4. The highest BCUT2D eigenvalue weighted by Gasteiger charge is 1.93. The molecule has 0 unspecified atom stereocenters. The fourth-order valence-corrected chi connectivity index (χ4v) is 2.44. The van der Waals surface area contributed by atoms with Gasteiger partial charge >= 0.3 is 0 Å². The van der Waals surface area contributed by atoms with Crippen molar-refractivity contribution in [1.29, 1.82) is 0 Å². The predicted octanol–water partition coefficient (Wildman–Crippen LogP) is 1.60. The van der Waals surface area contributed by atoms with E-state index in [9.17, 15) is 28.7 Å². The summed E-state index contributed by atoms with van der Waals surface area (Å²) in [5, 5.41) is 0. The molecule has 0 amide bonds. The highest BCUT2D eigenvalue weighted by Crippen LogP contribution is 2.25. The second-order valence-electron chi connectivity index (χ2n) is 5.39. The minimum absolute atomic E-state index is 0.0147. The number of phosphoric ester groups is 2. The number of hydrogen-bond donors (Lipinski definition) is 0. The molecule has 148 valence electrons. The van der Waals surface area contributed by atoms with Crippen molar-refractivity contribution in [3.63, 3.8) is 0 Å². The van der Waals surface area contributed by atoms with E-state index in [2.05, 4.69) is 16.0 Å². The Hall–Kier alpha value is 0.220. The number of hydrogen-bond acceptors (Lipinski definition) is 8. The molecule has 10 heteroatoms. The van der Waals surface area contributed by atoms with Crippen LogP contribution in [-0.4, -0.2) is 13.2 Å². The molecule has 0 heterocycles. The number of phosphoric acid groups is 2. The summed E-state index contributed by atoms with van der Waals surface area (Å²) in [6.07, 6.45) is 10.4. The number of rotatable bonds is 14. The van der Waals surface area contributed by atoms with E-state index < -0.39 is 15.6 Å². The molecular weight excluding hydrogens is 358 g/mol. The molecule has 0 saturated heterocycles. The third-order valence-corrected chi connectivity index (χ3v) is 3.99. The molecule has 0 rings (SSSR count). The zero-order chi connectivity index (χ0) is 18.9. The van der Waals surface area contributed by atoms with Crippen LogP contribution in [0.15, 0.2) is 0 Å². The van der Waals surface area contributed by atoms with Gasteiger partial charge in [0.1, 0.15) is 0 Å². The monoisotopic (exact) mass is 388 g/mol. The number of unbranched alkanes of at least 4 members (excludes halogenated alkanes) is 8. The van der Waals surface area contributed by atoms with E-state index in [0.717, 1.165) is 19.3 Å². The minimum atomic E-state index is -4.74. The van der Waals surface area contributed by atoms with Crippen LogP contribution in [0.3, 0.4) is 0 Å². The molecule has 0 aromatic heterocycles. The normalized spacial score (nSPS) is 11.9. The van der Waals surface area contributed by atoms with Gasteiger partial charge in [0.2, 0.25) is 0 Å². The maximum Gasteiger partial charge on any atom is 0.0596 e. The first-order chi connectivity index (χ1) is 11.1. The smallest absolute Gasteiger partial charge is 0.0596 e. The Morgan fingerprint density at radius 1 is 0.583 bits per heavy atom. The zero-order valence-electron chi connectivity index (χ0n) is 14.6. The van der Waals surface area contributed by atoms with Gasteiger partial charge in [-0.15, -0.1) is 0 Å². The van der Waals surface area contributed by atoms with E-state index in [1.807, 2.05) is 6.92 Å². The molecule has 8 nitrogen and oxygen atoms in total. The van der Waals surface area contributed by atoms with Crippen molar-refractivity contribution in [2.24, 2.45) is 0 Å². The topological polar surface area (TPSA) is 145 Å². The predicted molar refractivity (Wildman–Crippen MR) is 84.6 cm³/mol. The van der Waals surface area contributed by atoms with Crippen LogP contribution in [0.25, 0.3) is 0 Å². The molecule has 0 bridgehead atoms. The van der Waals surface area contributed by atoms with Gasteiger partial charge in [-0.2, -0.15) is 0 Å². The Labute approximate surface area is 145 Å². The van der Waals surface area contributed by atoms with Crippen molar-refractivity contribution >= 4 is 15.6 Å². The Bertz CT molecular complexity index is 353. The van der Waals surface area contributed by atoms with Gasteiger partial charge in [-0.05, 0) is 12.8 Å². The summed E-state index contributed by atoms with van der Waals surface area (Å²) >= 11 is 0. The standard InChI is InChI=1S/C10H23O4P.C4H11O4P/c1-2-3-4-5-6-7-8-9-10-14-15(11,12)13;1-2-3-4-8-9(5,6)7/h2-10H2,1H3,(H2,11,12,13);2-4H2,1H3,(H2,5,6,7)/p-4. The molecule has 0 aliphatic carbocycles. The summed E-state index contributed by atoms with van der Waals surface area (Å²) in [5.74, 6) is 0. The lowest BCUT2D eigenvalue weighted by atomic mass is 10.1. The van der Waals surface area contributed by atoms with E-state index in [1.54, 1.807) is 0 Å². The van der Waals surface area contributed by atoms with Crippen molar-refractivity contribution in [3.05, 3.63) is 0 Å². The summed E-state index contributed by atoms with van der Waals surface area (Å²) < 4.78 is 27.9. The van der Waals surface area contributed by atoms with Gasteiger partial charge in [-0.25, -0.2) is 0 Å². The highest BCUT2D eigenvalue weighted by atomic mass is 31.2. The van der Waals surface area contributed by atoms with Gasteiger partial charge in [-0.3, -0.25) is 0 Å². The average Bonchev–Trinajstić information content (AvgIpc) is 2.44. The molecule has 0 aliphatic heterocycles. The van der Waals surface area contributed by atoms with Crippen LogP contribution in [0.1, 0.15) is 78.1 Å². The quantitative estimate of drug-likeness (QED) is 0.322. The van der Waals surface area contributed by atoms with Gasteiger partial charge in [-0.1, -0.05) is 65.2 Å². The summed E-state index contributed by atoms with van der Waals surface area (Å²) in [6, 6.07) is 0. The lowest BCUT2D eigenvalue weighted by Gasteiger charge is -2.28. The molecular formula is C14H30O8P2-4. The van der Waals surface area contributed by atoms with Crippen molar-refractivity contribution < 1.29 is 37.8 Å². The molecule has 0 saturated carbocycles. The van der Waals surface area contributed by atoms with Crippen LogP contribution in [0.5, 0.6) is 0 Å². The average molecular weight is 388 g/mol. The van der Waals surface area contributed by atoms with Crippen LogP contribution in [0.2, 0.25) is 0 Å². The first-order valence-corrected chi connectivity index (χ1v) is 11.4. The van der Waals surface area contributed by atoms with E-state index in [1.165, 1.54) is 32.1 Å². The third-order valence-electron chi connectivity index (χ3n) is 2.99. The van der Waals surface area contributed by atoms with Gasteiger partial charge in [0.05, 0.1) is 28.9 Å². The lowest BCUT2D eigenvalue weighted by Crippen LogP contribution is -2.16. The van der Waals surface area contributed by atoms with Crippen molar-refractivity contribution in [2.75, 3.05) is 13.2 Å². The molecule has 24 heavy (non-hydrogen) atoms. The highest BCUT2D eigenvalue weighted by molar-refractivity contribution is 7.43. The largest absolute Gasteiger partial charge is 0.790 e. The van der Waals surface area contributed by atoms with Crippen molar-refractivity contribution in [2.45, 2.75) is 78.1 Å². The van der Waals surface area contributed by atoms with Crippen LogP contribution in [0, 0.1) is 0 Å². The van der Waals surface area contributed by atoms with E-state index >= 15 is 0 Å². The molecule has 0 spiro atoms. The second kappa shape index (κ2) is 16.7. The molecule has 0 fully saturated rings. The van der Waals surface area contributed by atoms with Crippen LogP contribution in [0.4, 0.5) is 0 Å². The Morgan fingerprint density at radius 3 is 1.29 bits per heavy atom. The summed E-state index contributed by atoms with van der Waals surface area (Å²) in [7, 11) is -9.43. The molecule has 0 radical (unpaired) electrons. The van der Waals surface area contributed by atoms with Crippen LogP contribution >= 0.6 is 15.6 Å². The van der Waals surface area contributed by atoms with Gasteiger partial charge in [0.15, 0.2) is 0 Å². The van der Waals surface area contributed by atoms with Crippen molar-refractivity contribution in [3.8, 4) is 0 Å². The molecule has 0 aromatic rings. The summed E-state index contributed by atoms with van der Waals surface area (Å²) in [5.41, 5.74) is 0. The maximum atomic E-state index is 10.1. The molecule has 0 aliphatic rings. The fourth-order valence-electron chi connectivity index (χ4n) is 1.73. The molecule has 0 aromatic carbocycles. The Kier molecular flexibility index (Phi) is 18.4. The Morgan fingerprint density at radius 2 is 0.917 bits per heavy atom. The molecule has 0 N–H and O–H groups in total. The maximum absolute atomic E-state index is 10.1. The second-order valence-corrected chi connectivity index (χ2v) is 7.69. The lowest BCUT2D eigenvalue weighted by molar-refractivity contribution is -0.343.